The molecule has 0 atom stereocenters. The van der Waals surface area contributed by atoms with E-state index in [0.717, 1.165) is 43.6 Å². The molecule has 0 saturated heterocycles. The van der Waals surface area contributed by atoms with E-state index in [1.807, 2.05) is 26.0 Å². The third-order valence-corrected chi connectivity index (χ3v) is 8.32. The molecule has 0 saturated carbocycles. The molecule has 6 rings (SSSR count). The van der Waals surface area contributed by atoms with Crippen LogP contribution in [0.4, 0.5) is 52.7 Å². The standard InChI is InChI=1S/2C19H13F6.C2H7Si.2ClH.Zr/c2*1-2-11-8-12-4-3-5-14(16(12)9-11)15-7-6-13(18(20,21)22)10-17(15)19(23,24)25;1-3-2;;;/h2*3-10H,2H2,1H3;3H,1-2H3;2*1H;/q2*-1;;;;+4/p-2. The second-order valence-corrected chi connectivity index (χ2v) is 17.1. The summed E-state index contributed by atoms with van der Waals surface area (Å²) in [4.78, 5) is 0. The first-order valence-corrected chi connectivity index (χ1v) is 25.3. The summed E-state index contributed by atoms with van der Waals surface area (Å²) in [5.74, 6) is 0. The van der Waals surface area contributed by atoms with Crippen LogP contribution >= 0.6 is 17.0 Å². The minimum atomic E-state index is -4.89. The van der Waals surface area contributed by atoms with Gasteiger partial charge in [-0.05, 0) is 48.2 Å². The van der Waals surface area contributed by atoms with Gasteiger partial charge < -0.3 is 0 Å². The van der Waals surface area contributed by atoms with Crippen LogP contribution < -0.4 is 0 Å². The Morgan fingerprint density at radius 1 is 0.500 bits per heavy atom. The summed E-state index contributed by atoms with van der Waals surface area (Å²) in [6, 6.07) is 20.6. The fourth-order valence-electron chi connectivity index (χ4n) is 5.85. The molecule has 16 heteroatoms. The Labute approximate surface area is 337 Å². The molecule has 0 unspecified atom stereocenters. The van der Waals surface area contributed by atoms with Gasteiger partial charge in [0.15, 0.2) is 0 Å². The van der Waals surface area contributed by atoms with E-state index < -0.39 is 67.8 Å². The molecule has 0 fully saturated rings. The van der Waals surface area contributed by atoms with Gasteiger partial charge in [-0.3, -0.25) is 0 Å². The Bertz CT molecular complexity index is 2040. The van der Waals surface area contributed by atoms with E-state index in [4.69, 9.17) is 17.0 Å². The van der Waals surface area contributed by atoms with Crippen molar-refractivity contribution >= 4 is 48.1 Å². The number of rotatable bonds is 4. The van der Waals surface area contributed by atoms with Gasteiger partial charge >= 0.3 is 62.6 Å². The van der Waals surface area contributed by atoms with Crippen molar-refractivity contribution in [3.63, 3.8) is 0 Å². The second-order valence-electron chi connectivity index (χ2n) is 12.2. The van der Waals surface area contributed by atoms with Crippen molar-refractivity contribution in [1.29, 1.82) is 0 Å². The van der Waals surface area contributed by atoms with Crippen molar-refractivity contribution in [2.24, 2.45) is 0 Å². The Kier molecular flexibility index (Phi) is 16.6. The number of hydrogen-bond acceptors (Lipinski definition) is 0. The number of aryl methyl sites for hydroxylation is 2. The van der Waals surface area contributed by atoms with Crippen LogP contribution in [-0.2, 0) is 58.4 Å². The second kappa shape index (κ2) is 19.6. The molecular weight excluding hydrogens is 899 g/mol. The van der Waals surface area contributed by atoms with Gasteiger partial charge in [0.1, 0.15) is 0 Å². The van der Waals surface area contributed by atoms with Crippen LogP contribution in [0, 0.1) is 0 Å². The molecule has 0 spiro atoms. The molecule has 0 bridgehead atoms. The van der Waals surface area contributed by atoms with Crippen molar-refractivity contribution in [2.45, 2.75) is 64.5 Å². The molecule has 0 aromatic heterocycles. The average molecular weight is 932 g/mol. The Morgan fingerprint density at radius 2 is 0.821 bits per heavy atom. The summed E-state index contributed by atoms with van der Waals surface area (Å²) in [5, 5.41) is 2.74. The van der Waals surface area contributed by atoms with Gasteiger partial charge in [-0.15, -0.1) is 69.1 Å². The van der Waals surface area contributed by atoms with Crippen LogP contribution in [0.25, 0.3) is 43.8 Å². The number of hydrogen-bond donors (Lipinski definition) is 0. The number of halogens is 14. The van der Waals surface area contributed by atoms with E-state index >= 15 is 0 Å². The maximum atomic E-state index is 13.4. The van der Waals surface area contributed by atoms with Crippen LogP contribution in [0.5, 0.6) is 0 Å². The summed E-state index contributed by atoms with van der Waals surface area (Å²) >= 11 is -0.826. The molecule has 0 nitrogen and oxygen atoms in total. The van der Waals surface area contributed by atoms with Gasteiger partial charge in [0.25, 0.3) is 0 Å². The SMILES string of the molecule is CCc1cc2c(-c3ccc(C(F)(F)F)cc3C(F)(F)F)cccc2[cH-]1.CCc1cc2c(-c3ccc(C(F)(F)F)cc3C(F)(F)F)cccc2[cH-]1.C[SiH]C.[Cl][Zr+2][Cl]. The Balaban J connectivity index is 0.000000264. The summed E-state index contributed by atoms with van der Waals surface area (Å²) in [5.41, 5.74) is -3.22. The molecule has 0 aliphatic rings. The molecule has 0 aliphatic heterocycles. The summed E-state index contributed by atoms with van der Waals surface area (Å²) in [6.45, 7) is 8.26. The van der Waals surface area contributed by atoms with Crippen molar-refractivity contribution < 1.29 is 73.5 Å². The molecule has 0 aliphatic carbocycles. The van der Waals surface area contributed by atoms with Crippen LogP contribution in [-0.4, -0.2) is 9.52 Å². The van der Waals surface area contributed by atoms with Crippen molar-refractivity contribution in [3.05, 3.63) is 130 Å². The third-order valence-electron chi connectivity index (χ3n) is 8.32. The molecule has 6 aromatic carbocycles. The minimum absolute atomic E-state index is 0.178. The Hall–Kier alpha value is -3.06. The molecule has 6 aromatic rings. The van der Waals surface area contributed by atoms with Crippen LogP contribution in [0.3, 0.4) is 0 Å². The van der Waals surface area contributed by atoms with Gasteiger partial charge in [0, 0.05) is 9.52 Å². The zero-order chi connectivity index (χ0) is 42.2. The van der Waals surface area contributed by atoms with Crippen LogP contribution in [0.2, 0.25) is 13.1 Å². The van der Waals surface area contributed by atoms with E-state index in [-0.39, 0.29) is 34.4 Å². The van der Waals surface area contributed by atoms with E-state index in [9.17, 15) is 52.7 Å². The monoisotopic (exact) mass is 929 g/mol. The molecule has 299 valence electrons. The molecule has 0 heterocycles. The number of fused-ring (bicyclic) bond motifs is 2. The van der Waals surface area contributed by atoms with E-state index in [1.165, 1.54) is 12.1 Å². The fraction of sp³-hybridized carbons (Fsp3) is 0.250. The van der Waals surface area contributed by atoms with Crippen LogP contribution in [0.1, 0.15) is 47.2 Å². The van der Waals surface area contributed by atoms with E-state index in [1.54, 1.807) is 36.4 Å². The predicted molar refractivity (Wildman–Crippen MR) is 199 cm³/mol. The number of benzene rings is 4. The summed E-state index contributed by atoms with van der Waals surface area (Å²) < 4.78 is 157. The zero-order valence-electron chi connectivity index (χ0n) is 30.0. The first kappa shape index (κ1) is 47.3. The quantitative estimate of drug-likeness (QED) is 0.0939. The number of alkyl halides is 12. The van der Waals surface area contributed by atoms with Gasteiger partial charge in [-0.1, -0.05) is 62.3 Å². The predicted octanol–water partition coefficient (Wildman–Crippen LogP) is 15.5. The summed E-state index contributed by atoms with van der Waals surface area (Å²) in [6.07, 6.45) is -18.0. The molecule has 1 radical (unpaired) electrons. The van der Waals surface area contributed by atoms with Crippen molar-refractivity contribution in [2.75, 3.05) is 0 Å². The van der Waals surface area contributed by atoms with Crippen LogP contribution in [0.15, 0.2) is 97.1 Å². The molecule has 0 N–H and O–H groups in total. The van der Waals surface area contributed by atoms with E-state index in [0.29, 0.717) is 35.7 Å². The average Bonchev–Trinajstić information content (AvgIpc) is 3.75. The zero-order valence-corrected chi connectivity index (χ0v) is 35.1. The van der Waals surface area contributed by atoms with Gasteiger partial charge in [0.2, 0.25) is 0 Å². The molecule has 0 amide bonds. The topological polar surface area (TPSA) is 0 Å². The van der Waals surface area contributed by atoms with Gasteiger partial charge in [0.05, 0.1) is 22.3 Å². The first-order chi connectivity index (χ1) is 26.0. The summed E-state index contributed by atoms with van der Waals surface area (Å²) in [7, 11) is 10.6. The van der Waals surface area contributed by atoms with Crippen molar-refractivity contribution in [3.8, 4) is 22.3 Å². The molecule has 56 heavy (non-hydrogen) atoms. The van der Waals surface area contributed by atoms with E-state index in [2.05, 4.69) is 13.1 Å². The van der Waals surface area contributed by atoms with Gasteiger partial charge in [-0.25, -0.2) is 0 Å². The third kappa shape index (κ3) is 12.0. The fourth-order valence-corrected chi connectivity index (χ4v) is 5.85. The van der Waals surface area contributed by atoms with Crippen molar-refractivity contribution in [1.82, 2.24) is 0 Å². The van der Waals surface area contributed by atoms with Gasteiger partial charge in [-0.2, -0.15) is 64.8 Å². The normalized spacial score (nSPS) is 11.9. The molecular formula is C40H33Cl2F12SiZr. The maximum absolute atomic E-state index is 13.4. The Morgan fingerprint density at radius 3 is 1.09 bits per heavy atom. The first-order valence-electron chi connectivity index (χ1n) is 16.7.